The molecule has 72 valence electrons. The molecule has 0 aromatic carbocycles. The molecular formula is C9H13FN2S. The number of nitrogens with two attached hydrogens (primary N) is 1. The van der Waals surface area contributed by atoms with E-state index in [1.807, 2.05) is 5.38 Å². The fourth-order valence-corrected chi connectivity index (χ4v) is 2.30. The van der Waals surface area contributed by atoms with Crippen LogP contribution in [0.3, 0.4) is 0 Å². The van der Waals surface area contributed by atoms with Gasteiger partial charge < -0.3 is 5.73 Å². The highest BCUT2D eigenvalue weighted by Crippen LogP contribution is 2.43. The van der Waals surface area contributed by atoms with Gasteiger partial charge in [0.25, 0.3) is 0 Å². The van der Waals surface area contributed by atoms with Crippen molar-refractivity contribution in [2.24, 2.45) is 11.7 Å². The molecule has 1 aromatic rings. The van der Waals surface area contributed by atoms with Crippen LogP contribution in [0.4, 0.5) is 4.39 Å². The normalized spacial score (nSPS) is 21.4. The van der Waals surface area contributed by atoms with E-state index < -0.39 is 5.67 Å². The van der Waals surface area contributed by atoms with E-state index in [0.29, 0.717) is 6.42 Å². The number of aromatic nitrogens is 1. The van der Waals surface area contributed by atoms with Crippen molar-refractivity contribution in [3.63, 3.8) is 0 Å². The summed E-state index contributed by atoms with van der Waals surface area (Å²) in [6.45, 7) is 0.122. The van der Waals surface area contributed by atoms with Crippen molar-refractivity contribution in [2.45, 2.75) is 24.9 Å². The van der Waals surface area contributed by atoms with E-state index in [2.05, 4.69) is 4.98 Å². The summed E-state index contributed by atoms with van der Waals surface area (Å²) in [7, 11) is 0. The van der Waals surface area contributed by atoms with Crippen molar-refractivity contribution >= 4 is 11.3 Å². The van der Waals surface area contributed by atoms with Crippen molar-refractivity contribution < 1.29 is 4.39 Å². The van der Waals surface area contributed by atoms with Crippen LogP contribution in [0.1, 0.15) is 17.8 Å². The maximum absolute atomic E-state index is 14.1. The van der Waals surface area contributed by atoms with E-state index in [1.165, 1.54) is 11.3 Å². The molecule has 0 amide bonds. The minimum absolute atomic E-state index is 0.122. The van der Waals surface area contributed by atoms with Gasteiger partial charge >= 0.3 is 0 Å². The number of nitrogens with zero attached hydrogens (tertiary/aromatic N) is 1. The number of hydrogen-bond donors (Lipinski definition) is 1. The fourth-order valence-electron chi connectivity index (χ4n) is 1.58. The lowest BCUT2D eigenvalue weighted by atomic mass is 9.96. The summed E-state index contributed by atoms with van der Waals surface area (Å²) in [5, 5.41) is 2.74. The molecule has 1 unspecified atom stereocenters. The van der Waals surface area contributed by atoms with E-state index in [9.17, 15) is 4.39 Å². The molecule has 0 saturated heterocycles. The van der Waals surface area contributed by atoms with Crippen LogP contribution in [-0.2, 0) is 6.42 Å². The van der Waals surface area contributed by atoms with Crippen LogP contribution < -0.4 is 5.73 Å². The molecule has 0 radical (unpaired) electrons. The molecule has 1 atom stereocenters. The Bertz CT molecular complexity index is 271. The van der Waals surface area contributed by atoms with Crippen molar-refractivity contribution in [3.05, 3.63) is 16.6 Å². The Labute approximate surface area is 81.0 Å². The molecule has 0 bridgehead atoms. The summed E-state index contributed by atoms with van der Waals surface area (Å²) in [4.78, 5) is 4.08. The second-order valence-electron chi connectivity index (χ2n) is 3.62. The first-order valence-electron chi connectivity index (χ1n) is 4.52. The van der Waals surface area contributed by atoms with E-state index in [1.54, 1.807) is 6.20 Å². The van der Waals surface area contributed by atoms with Crippen LogP contribution in [0.25, 0.3) is 0 Å². The fraction of sp³-hybridized carbons (Fsp3) is 0.667. The third kappa shape index (κ3) is 1.89. The number of alkyl halides is 1. The molecule has 1 saturated carbocycles. The molecule has 1 aliphatic carbocycles. The first-order chi connectivity index (χ1) is 6.24. The van der Waals surface area contributed by atoms with Gasteiger partial charge in [0.05, 0.1) is 5.01 Å². The zero-order valence-electron chi connectivity index (χ0n) is 7.37. The van der Waals surface area contributed by atoms with E-state index in [0.717, 1.165) is 17.8 Å². The maximum atomic E-state index is 14.1. The largest absolute Gasteiger partial charge is 0.328 e. The summed E-state index contributed by atoms with van der Waals surface area (Å²) in [6.07, 6.45) is 4.08. The first-order valence-corrected chi connectivity index (χ1v) is 5.40. The van der Waals surface area contributed by atoms with Gasteiger partial charge in [0, 0.05) is 24.5 Å². The topological polar surface area (TPSA) is 38.9 Å². The number of halogens is 1. The third-order valence-electron chi connectivity index (χ3n) is 2.58. The predicted molar refractivity (Wildman–Crippen MR) is 51.4 cm³/mol. The lowest BCUT2D eigenvalue weighted by Crippen LogP contribution is -2.37. The molecule has 0 spiro atoms. The lowest BCUT2D eigenvalue weighted by molar-refractivity contribution is 0.142. The predicted octanol–water partition coefficient (Wildman–Crippen LogP) is 1.76. The summed E-state index contributed by atoms with van der Waals surface area (Å²) in [5.41, 5.74) is 4.27. The van der Waals surface area contributed by atoms with Crippen molar-refractivity contribution in [1.29, 1.82) is 0 Å². The second kappa shape index (κ2) is 3.35. The quantitative estimate of drug-likeness (QED) is 0.804. The number of thiazole rings is 1. The standard InChI is InChI=1S/C9H13FN2S/c10-9(6-11,7-1-2-7)5-8-12-3-4-13-8/h3-4,7H,1-2,5-6,11H2. The Kier molecular flexibility index (Phi) is 2.34. The molecule has 13 heavy (non-hydrogen) atoms. The second-order valence-corrected chi connectivity index (χ2v) is 4.59. The monoisotopic (exact) mass is 200 g/mol. The van der Waals surface area contributed by atoms with Crippen molar-refractivity contribution in [3.8, 4) is 0 Å². The SMILES string of the molecule is NCC(F)(Cc1nccs1)C1CC1. The molecule has 4 heteroatoms. The Hall–Kier alpha value is -0.480. The molecule has 2 rings (SSSR count). The van der Waals surface area contributed by atoms with Gasteiger partial charge in [-0.1, -0.05) is 0 Å². The molecule has 1 fully saturated rings. The van der Waals surface area contributed by atoms with Crippen LogP contribution in [0, 0.1) is 5.92 Å². The van der Waals surface area contributed by atoms with Gasteiger partial charge in [-0.25, -0.2) is 9.37 Å². The summed E-state index contributed by atoms with van der Waals surface area (Å²) >= 11 is 1.50. The molecule has 1 heterocycles. The smallest absolute Gasteiger partial charge is 0.132 e. The number of hydrogen-bond acceptors (Lipinski definition) is 3. The van der Waals surface area contributed by atoms with Crippen LogP contribution >= 0.6 is 11.3 Å². The zero-order chi connectivity index (χ0) is 9.31. The first kappa shape index (κ1) is 9.09. The van der Waals surface area contributed by atoms with Crippen LogP contribution in [0.2, 0.25) is 0 Å². The molecule has 2 N–H and O–H groups in total. The molecule has 1 aromatic heterocycles. The summed E-state index contributed by atoms with van der Waals surface area (Å²) < 4.78 is 14.1. The summed E-state index contributed by atoms with van der Waals surface area (Å²) in [6, 6.07) is 0. The van der Waals surface area contributed by atoms with Crippen LogP contribution in [0.15, 0.2) is 11.6 Å². The van der Waals surface area contributed by atoms with Gasteiger partial charge in [0.15, 0.2) is 0 Å². The van der Waals surface area contributed by atoms with E-state index >= 15 is 0 Å². The molecule has 2 nitrogen and oxygen atoms in total. The van der Waals surface area contributed by atoms with Gasteiger partial charge in [0.1, 0.15) is 5.67 Å². The van der Waals surface area contributed by atoms with E-state index in [-0.39, 0.29) is 12.5 Å². The highest BCUT2D eigenvalue weighted by atomic mass is 32.1. The van der Waals surface area contributed by atoms with Gasteiger partial charge in [-0.3, -0.25) is 0 Å². The Morgan fingerprint density at radius 2 is 2.46 bits per heavy atom. The average Bonchev–Trinajstić information content (AvgIpc) is 2.88. The maximum Gasteiger partial charge on any atom is 0.132 e. The molecular weight excluding hydrogens is 187 g/mol. The van der Waals surface area contributed by atoms with Crippen LogP contribution in [0.5, 0.6) is 0 Å². The van der Waals surface area contributed by atoms with Gasteiger partial charge in [-0.15, -0.1) is 11.3 Å². The van der Waals surface area contributed by atoms with Crippen molar-refractivity contribution in [2.75, 3.05) is 6.54 Å². The lowest BCUT2D eigenvalue weighted by Gasteiger charge is -2.21. The highest BCUT2D eigenvalue weighted by Gasteiger charge is 2.45. The highest BCUT2D eigenvalue weighted by molar-refractivity contribution is 7.09. The van der Waals surface area contributed by atoms with E-state index in [4.69, 9.17) is 5.73 Å². The zero-order valence-corrected chi connectivity index (χ0v) is 8.19. The van der Waals surface area contributed by atoms with Gasteiger partial charge in [0.2, 0.25) is 0 Å². The molecule has 1 aliphatic rings. The number of rotatable bonds is 4. The minimum Gasteiger partial charge on any atom is -0.328 e. The van der Waals surface area contributed by atoms with Crippen LogP contribution in [-0.4, -0.2) is 17.2 Å². The van der Waals surface area contributed by atoms with Crippen molar-refractivity contribution in [1.82, 2.24) is 4.98 Å². The Morgan fingerprint density at radius 3 is 2.92 bits per heavy atom. The Morgan fingerprint density at radius 1 is 1.69 bits per heavy atom. The third-order valence-corrected chi connectivity index (χ3v) is 3.36. The average molecular weight is 200 g/mol. The molecule has 0 aliphatic heterocycles. The minimum atomic E-state index is -1.20. The summed E-state index contributed by atoms with van der Waals surface area (Å²) in [5.74, 6) is 0.182. The van der Waals surface area contributed by atoms with Gasteiger partial charge in [-0.2, -0.15) is 0 Å². The van der Waals surface area contributed by atoms with Gasteiger partial charge in [-0.05, 0) is 18.8 Å². The Balaban J connectivity index is 2.05.